The van der Waals surface area contributed by atoms with Crippen molar-refractivity contribution in [3.63, 3.8) is 0 Å². The van der Waals surface area contributed by atoms with Gasteiger partial charge in [-0.25, -0.2) is 0 Å². The first-order chi connectivity index (χ1) is 7.58. The van der Waals surface area contributed by atoms with Crippen molar-refractivity contribution in [3.8, 4) is 11.5 Å². The molecule has 16 heavy (non-hydrogen) atoms. The minimum atomic E-state index is -1.30. The highest BCUT2D eigenvalue weighted by Gasteiger charge is 2.11. The van der Waals surface area contributed by atoms with Crippen LogP contribution in [0.5, 0.6) is 11.5 Å². The molecule has 1 unspecified atom stereocenters. The van der Waals surface area contributed by atoms with Crippen molar-refractivity contribution in [1.82, 2.24) is 0 Å². The fourth-order valence-corrected chi connectivity index (χ4v) is 1.34. The molecule has 0 heterocycles. The van der Waals surface area contributed by atoms with Crippen molar-refractivity contribution in [1.29, 1.82) is 0 Å². The van der Waals surface area contributed by atoms with Gasteiger partial charge >= 0.3 is 0 Å². The Morgan fingerprint density at radius 2 is 2.00 bits per heavy atom. The highest BCUT2D eigenvalue weighted by Crippen LogP contribution is 2.30. The molecule has 88 valence electrons. The number of carbonyl (C=O) groups excluding carboxylic acids is 1. The lowest BCUT2D eigenvalue weighted by Crippen LogP contribution is -2.24. The molecule has 0 spiro atoms. The van der Waals surface area contributed by atoms with E-state index in [9.17, 15) is 15.0 Å². The van der Waals surface area contributed by atoms with E-state index >= 15 is 0 Å². The van der Waals surface area contributed by atoms with Crippen molar-refractivity contribution in [2.45, 2.75) is 12.5 Å². The summed E-state index contributed by atoms with van der Waals surface area (Å²) in [5.41, 5.74) is 0.446. The van der Waals surface area contributed by atoms with Crippen molar-refractivity contribution < 1.29 is 24.5 Å². The number of hydrogen-bond acceptors (Lipinski definition) is 5. The van der Waals surface area contributed by atoms with Crippen LogP contribution in [0.4, 0.5) is 0 Å². The predicted molar refractivity (Wildman–Crippen MR) is 54.1 cm³/mol. The number of aliphatic hydroxyl groups is 1. The third-order valence-electron chi connectivity index (χ3n) is 2.15. The van der Waals surface area contributed by atoms with Gasteiger partial charge in [0.15, 0.2) is 11.5 Å². The summed E-state index contributed by atoms with van der Waals surface area (Å²) in [4.78, 5) is 10.3. The first kappa shape index (κ1) is 12.3. The van der Waals surface area contributed by atoms with E-state index in [-0.39, 0.29) is 0 Å². The molecule has 1 N–H and O–H groups in total. The molecule has 0 saturated carbocycles. The van der Waals surface area contributed by atoms with Gasteiger partial charge in [0.1, 0.15) is 0 Å². The van der Waals surface area contributed by atoms with Crippen LogP contribution in [0.1, 0.15) is 18.1 Å². The first-order valence-corrected chi connectivity index (χ1v) is 4.68. The van der Waals surface area contributed by atoms with E-state index in [0.29, 0.717) is 17.1 Å². The number of methoxy groups -OCH3 is 2. The lowest BCUT2D eigenvalue weighted by molar-refractivity contribution is -0.307. The molecule has 0 bridgehead atoms. The van der Waals surface area contributed by atoms with Crippen LogP contribution < -0.4 is 14.6 Å². The van der Waals surface area contributed by atoms with E-state index in [4.69, 9.17) is 9.47 Å². The van der Waals surface area contributed by atoms with E-state index < -0.39 is 18.5 Å². The molecule has 0 aliphatic carbocycles. The summed E-state index contributed by atoms with van der Waals surface area (Å²) >= 11 is 0. The smallest absolute Gasteiger partial charge is 0.161 e. The zero-order chi connectivity index (χ0) is 12.1. The maximum atomic E-state index is 10.3. The van der Waals surface area contributed by atoms with Crippen LogP contribution in [0.3, 0.4) is 0 Å². The highest BCUT2D eigenvalue weighted by atomic mass is 16.5. The summed E-state index contributed by atoms with van der Waals surface area (Å²) in [5.74, 6) is -0.341. The second-order valence-electron chi connectivity index (χ2n) is 3.21. The second-order valence-corrected chi connectivity index (χ2v) is 3.21. The van der Waals surface area contributed by atoms with Crippen molar-refractivity contribution in [2.75, 3.05) is 14.2 Å². The van der Waals surface area contributed by atoms with Gasteiger partial charge in [0.25, 0.3) is 0 Å². The number of rotatable bonds is 5. The third-order valence-corrected chi connectivity index (χ3v) is 2.15. The summed E-state index contributed by atoms with van der Waals surface area (Å²) in [7, 11) is 2.96. The molecule has 0 radical (unpaired) electrons. The van der Waals surface area contributed by atoms with Gasteiger partial charge in [0.05, 0.1) is 20.3 Å². The molecule has 0 fully saturated rings. The third kappa shape index (κ3) is 2.87. The summed E-state index contributed by atoms with van der Waals surface area (Å²) in [6.45, 7) is 0. The van der Waals surface area contributed by atoms with Crippen molar-refractivity contribution >= 4 is 5.97 Å². The number of ether oxygens (including phenoxy) is 2. The number of benzene rings is 1. The van der Waals surface area contributed by atoms with Crippen LogP contribution in [-0.2, 0) is 4.79 Å². The molecule has 5 nitrogen and oxygen atoms in total. The zero-order valence-electron chi connectivity index (χ0n) is 9.10. The molecule has 0 amide bonds. The quantitative estimate of drug-likeness (QED) is 0.755. The Balaban J connectivity index is 2.93. The average Bonchev–Trinajstić information content (AvgIpc) is 2.27. The SMILES string of the molecule is COc1ccc(C(O)CC(=O)[O-])cc1OC. The number of carboxylic acids is 1. The standard InChI is InChI=1S/C11H14O5/c1-15-9-4-3-7(5-10(9)16-2)8(12)6-11(13)14/h3-5,8,12H,6H2,1-2H3,(H,13,14)/p-1. The van der Waals surface area contributed by atoms with Crippen LogP contribution in [0.2, 0.25) is 0 Å². The van der Waals surface area contributed by atoms with Crippen LogP contribution in [0, 0.1) is 0 Å². The Morgan fingerprint density at radius 3 is 2.50 bits per heavy atom. The molecule has 0 aromatic heterocycles. The fraction of sp³-hybridized carbons (Fsp3) is 0.364. The topological polar surface area (TPSA) is 78.8 Å². The van der Waals surface area contributed by atoms with Gasteiger partial charge in [0.2, 0.25) is 0 Å². The summed E-state index contributed by atoms with van der Waals surface area (Å²) in [6, 6.07) is 4.72. The monoisotopic (exact) mass is 225 g/mol. The highest BCUT2D eigenvalue weighted by molar-refractivity contribution is 5.65. The number of aliphatic hydroxyl groups excluding tert-OH is 1. The number of carbonyl (C=O) groups is 1. The van der Waals surface area contributed by atoms with E-state index in [1.165, 1.54) is 20.3 Å². The molecule has 1 atom stereocenters. The lowest BCUT2D eigenvalue weighted by Gasteiger charge is -2.14. The number of carboxylic acid groups (broad SMARTS) is 1. The minimum absolute atomic E-state index is 0.442. The second kappa shape index (κ2) is 5.37. The molecule has 5 heteroatoms. The van der Waals surface area contributed by atoms with E-state index in [0.717, 1.165) is 0 Å². The average molecular weight is 225 g/mol. The summed E-state index contributed by atoms with van der Waals surface area (Å²) in [5, 5.41) is 19.9. The molecular weight excluding hydrogens is 212 g/mol. The molecule has 1 aromatic rings. The van der Waals surface area contributed by atoms with E-state index in [1.54, 1.807) is 12.1 Å². The largest absolute Gasteiger partial charge is 0.550 e. The number of aliphatic carboxylic acids is 1. The summed E-state index contributed by atoms with van der Waals surface area (Å²) in [6.07, 6.45) is -1.56. The van der Waals surface area contributed by atoms with Gasteiger partial charge in [-0.05, 0) is 17.7 Å². The Hall–Kier alpha value is -1.75. The van der Waals surface area contributed by atoms with Crippen LogP contribution in [0.25, 0.3) is 0 Å². The van der Waals surface area contributed by atoms with E-state index in [2.05, 4.69) is 0 Å². The van der Waals surface area contributed by atoms with Gasteiger partial charge in [-0.2, -0.15) is 0 Å². The van der Waals surface area contributed by atoms with Crippen LogP contribution in [-0.4, -0.2) is 25.3 Å². The van der Waals surface area contributed by atoms with Gasteiger partial charge < -0.3 is 24.5 Å². The molecular formula is C11H13O5-. The zero-order valence-corrected chi connectivity index (χ0v) is 9.10. The predicted octanol–water partition coefficient (Wildman–Crippen LogP) is -0.123. The normalized spacial score (nSPS) is 11.9. The Morgan fingerprint density at radius 1 is 1.38 bits per heavy atom. The van der Waals surface area contributed by atoms with Gasteiger partial charge in [-0.3, -0.25) is 0 Å². The Bertz CT molecular complexity index is 375. The molecule has 0 aliphatic heterocycles. The minimum Gasteiger partial charge on any atom is -0.550 e. The fourth-order valence-electron chi connectivity index (χ4n) is 1.34. The molecule has 1 aromatic carbocycles. The number of hydrogen-bond donors (Lipinski definition) is 1. The van der Waals surface area contributed by atoms with Crippen LogP contribution >= 0.6 is 0 Å². The molecule has 0 saturated heterocycles. The van der Waals surface area contributed by atoms with Crippen molar-refractivity contribution in [2.24, 2.45) is 0 Å². The van der Waals surface area contributed by atoms with E-state index in [1.807, 2.05) is 0 Å². The van der Waals surface area contributed by atoms with Gasteiger partial charge in [0, 0.05) is 12.4 Å². The maximum Gasteiger partial charge on any atom is 0.161 e. The summed E-state index contributed by atoms with van der Waals surface area (Å²) < 4.78 is 10.0. The maximum absolute atomic E-state index is 10.3. The Labute approximate surface area is 93.2 Å². The van der Waals surface area contributed by atoms with Gasteiger partial charge in [-0.15, -0.1) is 0 Å². The van der Waals surface area contributed by atoms with Crippen molar-refractivity contribution in [3.05, 3.63) is 23.8 Å². The first-order valence-electron chi connectivity index (χ1n) is 4.68. The Kier molecular flexibility index (Phi) is 4.13. The van der Waals surface area contributed by atoms with Gasteiger partial charge in [-0.1, -0.05) is 6.07 Å². The lowest BCUT2D eigenvalue weighted by atomic mass is 10.1. The van der Waals surface area contributed by atoms with Crippen LogP contribution in [0.15, 0.2) is 18.2 Å². The molecule has 1 rings (SSSR count). The molecule has 0 aliphatic rings.